The first-order valence-electron chi connectivity index (χ1n) is 10.0. The number of carbonyl (C=O) groups excluding carboxylic acids is 1. The van der Waals surface area contributed by atoms with E-state index in [0.29, 0.717) is 12.0 Å². The van der Waals surface area contributed by atoms with E-state index in [4.69, 9.17) is 4.74 Å². The van der Waals surface area contributed by atoms with Gasteiger partial charge < -0.3 is 14.7 Å². The van der Waals surface area contributed by atoms with Gasteiger partial charge in [0.15, 0.2) is 0 Å². The van der Waals surface area contributed by atoms with Crippen LogP contribution in [0.5, 0.6) is 5.75 Å². The van der Waals surface area contributed by atoms with E-state index in [1.807, 2.05) is 17.0 Å². The Morgan fingerprint density at radius 1 is 1.44 bits per heavy atom. The third-order valence-electron chi connectivity index (χ3n) is 7.80. The average Bonchev–Trinajstić information content (AvgIpc) is 3.21. The fourth-order valence-corrected chi connectivity index (χ4v) is 6.84. The summed E-state index contributed by atoms with van der Waals surface area (Å²) >= 11 is 0. The monoisotopic (exact) mass is 368 g/mol. The van der Waals surface area contributed by atoms with Gasteiger partial charge in [0.05, 0.1) is 18.8 Å². The first kappa shape index (κ1) is 17.3. The van der Waals surface area contributed by atoms with Crippen LogP contribution in [0, 0.1) is 11.8 Å². The molecule has 1 amide bonds. The summed E-state index contributed by atoms with van der Waals surface area (Å²) in [4.78, 5) is 17.4. The second-order valence-corrected chi connectivity index (χ2v) is 8.55. The molecule has 1 aromatic rings. The number of rotatable bonds is 2. The molecule has 2 saturated heterocycles. The van der Waals surface area contributed by atoms with Crippen molar-refractivity contribution in [1.29, 1.82) is 0 Å². The summed E-state index contributed by atoms with van der Waals surface area (Å²) in [5.74, 6) is 1.28. The van der Waals surface area contributed by atoms with Gasteiger partial charge in [-0.1, -0.05) is 17.7 Å². The van der Waals surface area contributed by atoms with Crippen LogP contribution in [-0.4, -0.2) is 54.8 Å². The predicted octanol–water partition coefficient (Wildman–Crippen LogP) is 2.33. The average molecular weight is 368 g/mol. The third-order valence-corrected chi connectivity index (χ3v) is 7.80. The molecule has 27 heavy (non-hydrogen) atoms. The molecule has 144 valence electrons. The van der Waals surface area contributed by atoms with Crippen LogP contribution in [0.2, 0.25) is 0 Å². The van der Waals surface area contributed by atoms with Crippen molar-refractivity contribution in [2.45, 2.75) is 44.2 Å². The lowest BCUT2D eigenvalue weighted by molar-refractivity contribution is -0.118. The SMILES string of the molecule is C/C=C1/CN2CC[C@]34c5ccc(OC)cc5N(C(C)=O)[C@H]3[C@H](CO)[C@H]1C[C@H]24. The van der Waals surface area contributed by atoms with Crippen LogP contribution in [0.3, 0.4) is 0 Å². The highest BCUT2D eigenvalue weighted by Gasteiger charge is 2.67. The molecule has 3 fully saturated rings. The Kier molecular flexibility index (Phi) is 3.72. The normalized spacial score (nSPS) is 38.1. The molecule has 0 unspecified atom stereocenters. The Morgan fingerprint density at radius 3 is 2.93 bits per heavy atom. The summed E-state index contributed by atoms with van der Waals surface area (Å²) in [6.07, 6.45) is 4.36. The van der Waals surface area contributed by atoms with E-state index < -0.39 is 0 Å². The van der Waals surface area contributed by atoms with Gasteiger partial charge in [-0.3, -0.25) is 9.69 Å². The Balaban J connectivity index is 1.76. The molecule has 1 aliphatic carbocycles. The first-order chi connectivity index (χ1) is 13.1. The minimum atomic E-state index is -0.0730. The lowest BCUT2D eigenvalue weighted by atomic mass is 9.55. The van der Waals surface area contributed by atoms with E-state index in [9.17, 15) is 9.90 Å². The fourth-order valence-electron chi connectivity index (χ4n) is 6.84. The van der Waals surface area contributed by atoms with Gasteiger partial charge in [0.25, 0.3) is 0 Å². The lowest BCUT2D eigenvalue weighted by Gasteiger charge is -2.56. The van der Waals surface area contributed by atoms with Crippen molar-refractivity contribution < 1.29 is 14.6 Å². The Bertz CT molecular complexity index is 835. The second-order valence-electron chi connectivity index (χ2n) is 8.55. The molecule has 1 saturated carbocycles. The summed E-state index contributed by atoms with van der Waals surface area (Å²) in [6, 6.07) is 6.67. The molecular formula is C22H28N2O3. The Hall–Kier alpha value is -1.85. The molecule has 5 nitrogen and oxygen atoms in total. The lowest BCUT2D eigenvalue weighted by Crippen LogP contribution is -2.65. The number of ether oxygens (including phenoxy) is 1. The van der Waals surface area contributed by atoms with Gasteiger partial charge in [0, 0.05) is 43.5 Å². The molecule has 4 aliphatic rings. The van der Waals surface area contributed by atoms with Crippen LogP contribution in [0.25, 0.3) is 0 Å². The van der Waals surface area contributed by atoms with Gasteiger partial charge in [-0.25, -0.2) is 0 Å². The predicted molar refractivity (Wildman–Crippen MR) is 104 cm³/mol. The largest absolute Gasteiger partial charge is 0.497 e. The van der Waals surface area contributed by atoms with Crippen LogP contribution in [0.15, 0.2) is 29.8 Å². The molecule has 3 aliphatic heterocycles. The van der Waals surface area contributed by atoms with E-state index in [0.717, 1.165) is 37.4 Å². The number of hydrogen-bond acceptors (Lipinski definition) is 4. The summed E-state index contributed by atoms with van der Waals surface area (Å²) in [5, 5.41) is 10.5. The van der Waals surface area contributed by atoms with Crippen molar-refractivity contribution in [3.05, 3.63) is 35.4 Å². The highest BCUT2D eigenvalue weighted by molar-refractivity contribution is 5.96. The molecule has 1 spiro atoms. The number of anilines is 1. The first-order valence-corrected chi connectivity index (χ1v) is 10.0. The van der Waals surface area contributed by atoms with Crippen molar-refractivity contribution >= 4 is 11.6 Å². The number of nitrogens with zero attached hydrogens (tertiary/aromatic N) is 2. The maximum atomic E-state index is 12.8. The van der Waals surface area contributed by atoms with Crippen molar-refractivity contribution in [1.82, 2.24) is 4.90 Å². The van der Waals surface area contributed by atoms with Gasteiger partial charge >= 0.3 is 0 Å². The van der Waals surface area contributed by atoms with Gasteiger partial charge in [-0.15, -0.1) is 0 Å². The smallest absolute Gasteiger partial charge is 0.224 e. The molecule has 1 N–H and O–H groups in total. The number of amides is 1. The molecule has 2 bridgehead atoms. The fraction of sp³-hybridized carbons (Fsp3) is 0.591. The number of carbonyl (C=O) groups is 1. The van der Waals surface area contributed by atoms with Crippen LogP contribution < -0.4 is 9.64 Å². The zero-order valence-electron chi connectivity index (χ0n) is 16.3. The van der Waals surface area contributed by atoms with Crippen molar-refractivity contribution in [2.24, 2.45) is 11.8 Å². The molecular weight excluding hydrogens is 340 g/mol. The molecule has 5 heteroatoms. The molecule has 5 atom stereocenters. The van der Waals surface area contributed by atoms with Crippen LogP contribution in [-0.2, 0) is 10.2 Å². The molecule has 5 rings (SSSR count). The Morgan fingerprint density at radius 2 is 2.26 bits per heavy atom. The molecule has 3 heterocycles. The quantitative estimate of drug-likeness (QED) is 0.814. The number of benzene rings is 1. The number of methoxy groups -OCH3 is 1. The summed E-state index contributed by atoms with van der Waals surface area (Å²) < 4.78 is 5.47. The number of hydrogen-bond donors (Lipinski definition) is 1. The van der Waals surface area contributed by atoms with E-state index in [2.05, 4.69) is 24.0 Å². The van der Waals surface area contributed by atoms with Gasteiger partial charge in [-0.05, 0) is 43.9 Å². The van der Waals surface area contributed by atoms with Crippen LogP contribution in [0.4, 0.5) is 5.69 Å². The standard InChI is InChI=1S/C22H28N2O3/c1-4-14-11-23-8-7-22-18-6-5-15(27-3)9-19(18)24(13(2)26)21(22)17(12-25)16(14)10-20(22)23/h4-6,9,16-17,20-21,25H,7-8,10-12H2,1-3H3/b14-4-/t16-,17+,20-,21-,22+/m0/s1. The van der Waals surface area contributed by atoms with E-state index >= 15 is 0 Å². The highest BCUT2D eigenvalue weighted by Crippen LogP contribution is 2.63. The van der Waals surface area contributed by atoms with E-state index in [-0.39, 0.29) is 29.9 Å². The van der Waals surface area contributed by atoms with Crippen molar-refractivity contribution in [3.8, 4) is 5.75 Å². The summed E-state index contributed by atoms with van der Waals surface area (Å²) in [7, 11) is 1.67. The zero-order valence-corrected chi connectivity index (χ0v) is 16.3. The maximum absolute atomic E-state index is 12.8. The van der Waals surface area contributed by atoms with Crippen molar-refractivity contribution in [2.75, 3.05) is 31.7 Å². The highest BCUT2D eigenvalue weighted by atomic mass is 16.5. The molecule has 0 radical (unpaired) electrons. The van der Waals surface area contributed by atoms with Crippen LogP contribution >= 0.6 is 0 Å². The zero-order chi connectivity index (χ0) is 18.9. The minimum absolute atomic E-state index is 0.0195. The molecule has 1 aromatic carbocycles. The Labute approximate surface area is 160 Å². The van der Waals surface area contributed by atoms with Gasteiger partial charge in [0.1, 0.15) is 5.75 Å². The molecule has 0 aromatic heterocycles. The van der Waals surface area contributed by atoms with Crippen molar-refractivity contribution in [3.63, 3.8) is 0 Å². The third kappa shape index (κ3) is 1.99. The van der Waals surface area contributed by atoms with E-state index in [1.165, 1.54) is 11.1 Å². The maximum Gasteiger partial charge on any atom is 0.224 e. The van der Waals surface area contributed by atoms with Gasteiger partial charge in [-0.2, -0.15) is 0 Å². The minimum Gasteiger partial charge on any atom is -0.497 e. The summed E-state index contributed by atoms with van der Waals surface area (Å²) in [6.45, 7) is 5.95. The number of fused-ring (bicyclic) bond motifs is 2. The van der Waals surface area contributed by atoms with E-state index in [1.54, 1.807) is 14.0 Å². The number of piperidine rings is 1. The number of allylic oxidation sites excluding steroid dienone is 1. The number of aliphatic hydroxyl groups excluding tert-OH is 1. The topological polar surface area (TPSA) is 53.0 Å². The van der Waals surface area contributed by atoms with Gasteiger partial charge in [0.2, 0.25) is 5.91 Å². The summed E-state index contributed by atoms with van der Waals surface area (Å²) in [5.41, 5.74) is 3.62. The number of aliphatic hydroxyl groups is 1. The van der Waals surface area contributed by atoms with Crippen LogP contribution in [0.1, 0.15) is 32.3 Å². The second kappa shape index (κ2) is 5.82.